The number of hydrogen-bond donors (Lipinski definition) is 1. The van der Waals surface area contributed by atoms with Crippen LogP contribution in [-0.4, -0.2) is 27.6 Å². The molecule has 29 heavy (non-hydrogen) atoms. The second-order valence-corrected chi connectivity index (χ2v) is 7.72. The Kier molecular flexibility index (Phi) is 4.79. The number of rotatable bonds is 4. The van der Waals surface area contributed by atoms with Crippen LogP contribution < -0.4 is 15.5 Å². The molecule has 1 amide bonds. The Bertz CT molecular complexity index is 1320. The van der Waals surface area contributed by atoms with Gasteiger partial charge in [-0.2, -0.15) is 0 Å². The lowest BCUT2D eigenvalue weighted by Crippen LogP contribution is -2.24. The van der Waals surface area contributed by atoms with Gasteiger partial charge in [0.25, 0.3) is 5.91 Å². The highest BCUT2D eigenvalue weighted by molar-refractivity contribution is 7.22. The Morgan fingerprint density at radius 1 is 1.21 bits per heavy atom. The number of anilines is 1. The van der Waals surface area contributed by atoms with E-state index in [1.807, 2.05) is 37.5 Å². The summed E-state index contributed by atoms with van der Waals surface area (Å²) < 4.78 is 8.11. The zero-order valence-electron chi connectivity index (χ0n) is 16.6. The molecule has 0 atom stereocenters. The van der Waals surface area contributed by atoms with E-state index in [-0.39, 0.29) is 11.0 Å². The predicted molar refractivity (Wildman–Crippen MR) is 115 cm³/mol. The molecule has 4 aromatic rings. The number of hydrogen-bond acceptors (Lipinski definition) is 6. The van der Waals surface area contributed by atoms with Crippen molar-refractivity contribution in [2.45, 2.75) is 27.3 Å². The van der Waals surface area contributed by atoms with Crippen LogP contribution in [-0.2, 0) is 6.54 Å². The maximum atomic E-state index is 12.9. The number of methoxy groups -OCH3 is 1. The molecule has 0 bridgehead atoms. The molecule has 1 N–H and O–H groups in total. The molecule has 0 saturated heterocycles. The summed E-state index contributed by atoms with van der Waals surface area (Å²) in [6, 6.07) is 7.28. The van der Waals surface area contributed by atoms with Crippen molar-refractivity contribution in [3.05, 3.63) is 57.5 Å². The van der Waals surface area contributed by atoms with Crippen LogP contribution in [0.4, 0.5) is 5.13 Å². The summed E-state index contributed by atoms with van der Waals surface area (Å²) in [5.41, 5.74) is 2.85. The Morgan fingerprint density at radius 3 is 2.72 bits per heavy atom. The Morgan fingerprint density at radius 2 is 2.00 bits per heavy atom. The summed E-state index contributed by atoms with van der Waals surface area (Å²) in [4.78, 5) is 34.8. The van der Waals surface area contributed by atoms with Gasteiger partial charge in [0.05, 0.1) is 17.2 Å². The largest absolute Gasteiger partial charge is 0.494 e. The fourth-order valence-electron chi connectivity index (χ4n) is 3.26. The lowest BCUT2D eigenvalue weighted by molar-refractivity contribution is 0.102. The zero-order valence-corrected chi connectivity index (χ0v) is 17.4. The monoisotopic (exact) mass is 408 g/mol. The number of nitrogens with one attached hydrogen (secondary N) is 1. The van der Waals surface area contributed by atoms with Crippen molar-refractivity contribution in [2.75, 3.05) is 12.4 Å². The molecule has 0 aliphatic rings. The van der Waals surface area contributed by atoms with E-state index >= 15 is 0 Å². The van der Waals surface area contributed by atoms with Crippen molar-refractivity contribution in [1.29, 1.82) is 0 Å². The van der Waals surface area contributed by atoms with Gasteiger partial charge in [-0.1, -0.05) is 17.4 Å². The maximum Gasteiger partial charge on any atom is 0.262 e. The molecule has 0 aliphatic carbocycles. The van der Waals surface area contributed by atoms with E-state index in [0.29, 0.717) is 34.0 Å². The van der Waals surface area contributed by atoms with Crippen LogP contribution >= 0.6 is 11.3 Å². The Hall–Kier alpha value is -3.26. The third-order valence-electron chi connectivity index (χ3n) is 4.79. The number of aromatic nitrogens is 3. The number of aryl methyl sites for hydroxylation is 3. The minimum atomic E-state index is -0.490. The van der Waals surface area contributed by atoms with Gasteiger partial charge >= 0.3 is 0 Å². The Balaban J connectivity index is 1.78. The van der Waals surface area contributed by atoms with Crippen LogP contribution in [0.1, 0.15) is 28.5 Å². The van der Waals surface area contributed by atoms with Crippen molar-refractivity contribution in [3.8, 4) is 5.75 Å². The third-order valence-corrected chi connectivity index (χ3v) is 5.90. The van der Waals surface area contributed by atoms with Crippen molar-refractivity contribution in [1.82, 2.24) is 14.5 Å². The SMILES string of the molecule is CCn1cc(C(=O)Nc2nc3c(OC)ccc(C)c3s2)c(=O)c2ccc(C)nc21. The van der Waals surface area contributed by atoms with Gasteiger partial charge in [-0.3, -0.25) is 14.9 Å². The van der Waals surface area contributed by atoms with Gasteiger partial charge in [0.15, 0.2) is 5.13 Å². The number of carbonyl (C=O) groups is 1. The minimum absolute atomic E-state index is 0.0629. The van der Waals surface area contributed by atoms with Crippen molar-refractivity contribution in [2.24, 2.45) is 0 Å². The number of carbonyl (C=O) groups excluding carboxylic acids is 1. The summed E-state index contributed by atoms with van der Waals surface area (Å²) in [7, 11) is 1.58. The number of fused-ring (bicyclic) bond motifs is 2. The fraction of sp³-hybridized carbons (Fsp3) is 0.238. The highest BCUT2D eigenvalue weighted by Gasteiger charge is 2.19. The second kappa shape index (κ2) is 7.29. The van der Waals surface area contributed by atoms with E-state index in [1.54, 1.807) is 25.4 Å². The van der Waals surface area contributed by atoms with E-state index in [9.17, 15) is 9.59 Å². The smallest absolute Gasteiger partial charge is 0.262 e. The van der Waals surface area contributed by atoms with Gasteiger partial charge in [-0.25, -0.2) is 9.97 Å². The van der Waals surface area contributed by atoms with Crippen LogP contribution in [0.3, 0.4) is 0 Å². The molecular formula is C21H20N4O3S. The minimum Gasteiger partial charge on any atom is -0.494 e. The molecule has 0 fully saturated rings. The molecular weight excluding hydrogens is 388 g/mol. The molecule has 0 radical (unpaired) electrons. The average Bonchev–Trinajstić information content (AvgIpc) is 3.13. The number of thiazole rings is 1. The molecule has 0 saturated carbocycles. The molecule has 148 valence electrons. The van der Waals surface area contributed by atoms with E-state index in [2.05, 4.69) is 15.3 Å². The molecule has 3 heterocycles. The van der Waals surface area contributed by atoms with E-state index in [4.69, 9.17) is 4.74 Å². The standard InChI is InChI=1S/C21H20N4O3S/c1-5-25-10-14(17(26)13-8-7-12(3)22-19(13)25)20(27)24-21-23-16-15(28-4)9-6-11(2)18(16)29-21/h6-10H,5H2,1-4H3,(H,23,24,27). The van der Waals surface area contributed by atoms with Crippen molar-refractivity contribution >= 4 is 43.6 Å². The normalized spacial score (nSPS) is 11.2. The first-order valence-electron chi connectivity index (χ1n) is 9.19. The summed E-state index contributed by atoms with van der Waals surface area (Å²) in [5.74, 6) is 0.151. The number of ether oxygens (including phenoxy) is 1. The van der Waals surface area contributed by atoms with Gasteiger partial charge in [0, 0.05) is 18.4 Å². The first-order chi connectivity index (χ1) is 13.9. The topological polar surface area (TPSA) is 86.1 Å². The number of amides is 1. The van der Waals surface area contributed by atoms with Gasteiger partial charge in [-0.15, -0.1) is 0 Å². The first kappa shape index (κ1) is 19.1. The molecule has 1 aromatic carbocycles. The van der Waals surface area contributed by atoms with Crippen LogP contribution in [0, 0.1) is 13.8 Å². The van der Waals surface area contributed by atoms with E-state index in [1.165, 1.54) is 11.3 Å². The molecule has 0 aliphatic heterocycles. The molecule has 0 spiro atoms. The average molecular weight is 408 g/mol. The Labute approximate surface area is 171 Å². The highest BCUT2D eigenvalue weighted by Crippen LogP contribution is 2.34. The lowest BCUT2D eigenvalue weighted by Gasteiger charge is -2.11. The molecule has 3 aromatic heterocycles. The number of nitrogens with zero attached hydrogens (tertiary/aromatic N) is 3. The molecule has 0 unspecified atom stereocenters. The van der Waals surface area contributed by atoms with Gasteiger partial charge in [0.2, 0.25) is 5.43 Å². The predicted octanol–water partition coefficient (Wildman–Crippen LogP) is 3.90. The number of pyridine rings is 2. The summed E-state index contributed by atoms with van der Waals surface area (Å²) in [5, 5.41) is 3.62. The molecule has 4 rings (SSSR count). The lowest BCUT2D eigenvalue weighted by atomic mass is 10.1. The molecule has 8 heteroatoms. The zero-order chi connectivity index (χ0) is 20.7. The van der Waals surface area contributed by atoms with Gasteiger partial charge < -0.3 is 9.30 Å². The van der Waals surface area contributed by atoms with Crippen LogP contribution in [0.25, 0.3) is 21.3 Å². The quantitative estimate of drug-likeness (QED) is 0.553. The fourth-order valence-corrected chi connectivity index (χ4v) is 4.20. The third kappa shape index (κ3) is 3.25. The van der Waals surface area contributed by atoms with E-state index in [0.717, 1.165) is 16.0 Å². The molecule has 7 nitrogen and oxygen atoms in total. The van der Waals surface area contributed by atoms with Gasteiger partial charge in [0.1, 0.15) is 22.5 Å². The van der Waals surface area contributed by atoms with Gasteiger partial charge in [-0.05, 0) is 44.5 Å². The summed E-state index contributed by atoms with van der Waals surface area (Å²) in [6.07, 6.45) is 1.56. The first-order valence-corrected chi connectivity index (χ1v) is 10.0. The summed E-state index contributed by atoms with van der Waals surface area (Å²) in [6.45, 7) is 6.38. The van der Waals surface area contributed by atoms with E-state index < -0.39 is 5.91 Å². The highest BCUT2D eigenvalue weighted by atomic mass is 32.1. The van der Waals surface area contributed by atoms with Crippen molar-refractivity contribution < 1.29 is 9.53 Å². The van der Waals surface area contributed by atoms with Crippen molar-refractivity contribution in [3.63, 3.8) is 0 Å². The maximum absolute atomic E-state index is 12.9. The van der Waals surface area contributed by atoms with Crippen LogP contribution in [0.15, 0.2) is 35.3 Å². The summed E-state index contributed by atoms with van der Waals surface area (Å²) >= 11 is 1.35. The van der Waals surface area contributed by atoms with Crippen LogP contribution in [0.2, 0.25) is 0 Å². The second-order valence-electron chi connectivity index (χ2n) is 6.72. The number of benzene rings is 1. The van der Waals surface area contributed by atoms with Crippen LogP contribution in [0.5, 0.6) is 5.75 Å².